The molecule has 2 amide bonds. The molecule has 1 atom stereocenters. The van der Waals surface area contributed by atoms with E-state index in [0.717, 1.165) is 6.42 Å². The van der Waals surface area contributed by atoms with E-state index in [9.17, 15) is 9.59 Å². The highest BCUT2D eigenvalue weighted by atomic mass is 32.1. The highest BCUT2D eigenvalue weighted by Crippen LogP contribution is 2.25. The summed E-state index contributed by atoms with van der Waals surface area (Å²) >= 11 is 1.37. The van der Waals surface area contributed by atoms with E-state index in [1.54, 1.807) is 40.5 Å². The smallest absolute Gasteiger partial charge is 0.275 e. The van der Waals surface area contributed by atoms with Gasteiger partial charge in [-0.05, 0) is 36.6 Å². The minimum Gasteiger partial charge on any atom is -0.347 e. The van der Waals surface area contributed by atoms with Crippen LogP contribution in [-0.4, -0.2) is 26.3 Å². The molecule has 7 nitrogen and oxygen atoms in total. The maximum atomic E-state index is 12.6. The van der Waals surface area contributed by atoms with E-state index < -0.39 is 0 Å². The molecule has 3 heterocycles. The summed E-state index contributed by atoms with van der Waals surface area (Å²) in [6, 6.07) is 6.86. The fraction of sp³-hybridized carbons (Fsp3) is 0.300. The number of carbonyl (C=O) groups is 2. The molecule has 28 heavy (non-hydrogen) atoms. The van der Waals surface area contributed by atoms with Gasteiger partial charge in [-0.3, -0.25) is 14.6 Å². The third-order valence-corrected chi connectivity index (χ3v) is 5.12. The summed E-state index contributed by atoms with van der Waals surface area (Å²) in [5, 5.41) is 8.26. The van der Waals surface area contributed by atoms with Gasteiger partial charge in [0.25, 0.3) is 11.8 Å². The number of thiazole rings is 1. The van der Waals surface area contributed by atoms with Gasteiger partial charge in [0.15, 0.2) is 0 Å². The molecule has 0 aromatic carbocycles. The number of aromatic nitrogens is 3. The maximum absolute atomic E-state index is 12.6. The number of anilines is 1. The Hall–Kier alpha value is -3.00. The summed E-state index contributed by atoms with van der Waals surface area (Å²) < 4.78 is 1.77. The number of rotatable bonds is 7. The largest absolute Gasteiger partial charge is 0.347 e. The fourth-order valence-corrected chi connectivity index (χ4v) is 3.67. The number of pyridine rings is 1. The Morgan fingerprint density at radius 1 is 1.21 bits per heavy atom. The molecule has 0 spiro atoms. The van der Waals surface area contributed by atoms with E-state index >= 15 is 0 Å². The SMILES string of the molecule is CC(C)C[C@@H](NC(=O)c1cccn1C)c1nc(C(=O)Nc2cccnc2)cs1. The second-order valence-corrected chi connectivity index (χ2v) is 7.82. The van der Waals surface area contributed by atoms with Crippen molar-refractivity contribution in [3.63, 3.8) is 0 Å². The molecule has 0 unspecified atom stereocenters. The van der Waals surface area contributed by atoms with Crippen molar-refractivity contribution in [2.45, 2.75) is 26.3 Å². The monoisotopic (exact) mass is 397 g/mol. The summed E-state index contributed by atoms with van der Waals surface area (Å²) in [4.78, 5) is 33.5. The Morgan fingerprint density at radius 3 is 2.68 bits per heavy atom. The Kier molecular flexibility index (Phi) is 6.20. The van der Waals surface area contributed by atoms with Gasteiger partial charge in [0.05, 0.1) is 17.9 Å². The number of amides is 2. The fourth-order valence-electron chi connectivity index (χ4n) is 2.81. The molecular formula is C20H23N5O2S. The van der Waals surface area contributed by atoms with Gasteiger partial charge in [-0.25, -0.2) is 4.98 Å². The zero-order chi connectivity index (χ0) is 20.1. The van der Waals surface area contributed by atoms with Gasteiger partial charge in [-0.15, -0.1) is 11.3 Å². The predicted octanol–water partition coefficient (Wildman–Crippen LogP) is 3.65. The molecule has 0 bridgehead atoms. The molecule has 0 aliphatic carbocycles. The van der Waals surface area contributed by atoms with E-state index in [2.05, 4.69) is 34.4 Å². The lowest BCUT2D eigenvalue weighted by Crippen LogP contribution is -2.30. The first kappa shape index (κ1) is 19.8. The van der Waals surface area contributed by atoms with E-state index in [0.29, 0.717) is 28.0 Å². The highest BCUT2D eigenvalue weighted by molar-refractivity contribution is 7.10. The number of nitrogens with one attached hydrogen (secondary N) is 2. The van der Waals surface area contributed by atoms with Crippen molar-refractivity contribution in [3.05, 3.63) is 64.6 Å². The molecule has 0 radical (unpaired) electrons. The number of aryl methyl sites for hydroxylation is 1. The summed E-state index contributed by atoms with van der Waals surface area (Å²) in [5.74, 6) is -0.0995. The molecule has 3 aromatic heterocycles. The quantitative estimate of drug-likeness (QED) is 0.637. The molecule has 3 aromatic rings. The molecule has 2 N–H and O–H groups in total. The van der Waals surface area contributed by atoms with E-state index in [1.807, 2.05) is 19.3 Å². The number of hydrogen-bond acceptors (Lipinski definition) is 5. The first-order valence-electron chi connectivity index (χ1n) is 9.03. The zero-order valence-corrected chi connectivity index (χ0v) is 16.9. The molecule has 0 aliphatic heterocycles. The van der Waals surface area contributed by atoms with Crippen molar-refractivity contribution in [1.82, 2.24) is 19.9 Å². The van der Waals surface area contributed by atoms with Crippen LogP contribution < -0.4 is 10.6 Å². The summed E-state index contributed by atoms with van der Waals surface area (Å²) in [6.07, 6.45) is 5.78. The lowest BCUT2D eigenvalue weighted by atomic mass is 10.0. The van der Waals surface area contributed by atoms with Gasteiger partial charge < -0.3 is 15.2 Å². The zero-order valence-electron chi connectivity index (χ0n) is 16.0. The van der Waals surface area contributed by atoms with Gasteiger partial charge >= 0.3 is 0 Å². The van der Waals surface area contributed by atoms with Gasteiger partial charge in [0, 0.05) is 24.8 Å². The standard InChI is InChI=1S/C20H23N5O2S/c1-13(2)10-15(23-19(27)17-7-5-9-25(17)3)20-24-16(12-28-20)18(26)22-14-6-4-8-21-11-14/h4-9,11-13,15H,10H2,1-3H3,(H,22,26)(H,23,27)/t15-/m1/s1. The van der Waals surface area contributed by atoms with Crippen LogP contribution in [0.1, 0.15) is 52.3 Å². The molecule has 146 valence electrons. The van der Waals surface area contributed by atoms with Crippen LogP contribution in [0, 0.1) is 5.92 Å². The number of nitrogens with zero attached hydrogens (tertiary/aromatic N) is 3. The van der Waals surface area contributed by atoms with Crippen molar-refractivity contribution in [3.8, 4) is 0 Å². The second kappa shape index (κ2) is 8.79. The van der Waals surface area contributed by atoms with Crippen molar-refractivity contribution in [2.75, 3.05) is 5.32 Å². The van der Waals surface area contributed by atoms with Gasteiger partial charge in [0.1, 0.15) is 16.4 Å². The minimum atomic E-state index is -0.299. The lowest BCUT2D eigenvalue weighted by Gasteiger charge is -2.18. The van der Waals surface area contributed by atoms with Crippen LogP contribution >= 0.6 is 11.3 Å². The molecule has 0 fully saturated rings. The average molecular weight is 398 g/mol. The first-order valence-corrected chi connectivity index (χ1v) is 9.91. The number of carbonyl (C=O) groups excluding carboxylic acids is 2. The molecule has 0 saturated carbocycles. The van der Waals surface area contributed by atoms with E-state index in [1.165, 1.54) is 11.3 Å². The molecule has 0 saturated heterocycles. The Morgan fingerprint density at radius 2 is 2.04 bits per heavy atom. The topological polar surface area (TPSA) is 88.9 Å². The average Bonchev–Trinajstić information content (AvgIpc) is 3.31. The van der Waals surface area contributed by atoms with Crippen LogP contribution in [0.3, 0.4) is 0 Å². The van der Waals surface area contributed by atoms with Crippen LogP contribution in [-0.2, 0) is 7.05 Å². The van der Waals surface area contributed by atoms with Gasteiger partial charge in [0.2, 0.25) is 0 Å². The maximum Gasteiger partial charge on any atom is 0.275 e. The van der Waals surface area contributed by atoms with Crippen molar-refractivity contribution in [1.29, 1.82) is 0 Å². The third-order valence-electron chi connectivity index (χ3n) is 4.16. The Balaban J connectivity index is 1.75. The predicted molar refractivity (Wildman–Crippen MR) is 109 cm³/mol. The lowest BCUT2D eigenvalue weighted by molar-refractivity contribution is 0.0923. The van der Waals surface area contributed by atoms with Crippen LogP contribution in [0.4, 0.5) is 5.69 Å². The van der Waals surface area contributed by atoms with Crippen LogP contribution in [0.5, 0.6) is 0 Å². The number of hydrogen-bond donors (Lipinski definition) is 2. The van der Waals surface area contributed by atoms with Gasteiger partial charge in [-0.1, -0.05) is 13.8 Å². The van der Waals surface area contributed by atoms with Crippen LogP contribution in [0.25, 0.3) is 0 Å². The molecular weight excluding hydrogens is 374 g/mol. The molecule has 3 rings (SSSR count). The second-order valence-electron chi connectivity index (χ2n) is 6.93. The normalized spacial score (nSPS) is 12.0. The minimum absolute atomic E-state index is 0.158. The first-order chi connectivity index (χ1) is 13.4. The van der Waals surface area contributed by atoms with Crippen molar-refractivity contribution >= 4 is 28.8 Å². The molecule has 8 heteroatoms. The Bertz CT molecular complexity index is 948. The highest BCUT2D eigenvalue weighted by Gasteiger charge is 2.22. The third kappa shape index (κ3) is 4.83. The summed E-state index contributed by atoms with van der Waals surface area (Å²) in [6.45, 7) is 4.18. The summed E-state index contributed by atoms with van der Waals surface area (Å²) in [5.41, 5.74) is 1.52. The summed E-state index contributed by atoms with van der Waals surface area (Å²) in [7, 11) is 1.83. The van der Waals surface area contributed by atoms with Crippen molar-refractivity contribution < 1.29 is 9.59 Å². The van der Waals surface area contributed by atoms with E-state index in [-0.39, 0.29) is 17.9 Å². The van der Waals surface area contributed by atoms with Crippen LogP contribution in [0.2, 0.25) is 0 Å². The van der Waals surface area contributed by atoms with E-state index in [4.69, 9.17) is 0 Å². The Labute approximate surface area is 167 Å². The van der Waals surface area contributed by atoms with Crippen molar-refractivity contribution in [2.24, 2.45) is 13.0 Å². The molecule has 0 aliphatic rings. The van der Waals surface area contributed by atoms with Crippen LogP contribution in [0.15, 0.2) is 48.2 Å². The van der Waals surface area contributed by atoms with Gasteiger partial charge in [-0.2, -0.15) is 0 Å².